The fourth-order valence-electron chi connectivity index (χ4n) is 4.13. The van der Waals surface area contributed by atoms with Gasteiger partial charge in [-0.1, -0.05) is 57.2 Å². The summed E-state index contributed by atoms with van der Waals surface area (Å²) in [7, 11) is 1.64. The maximum atomic E-state index is 13.3. The van der Waals surface area contributed by atoms with Crippen LogP contribution in [-0.4, -0.2) is 41.3 Å². The van der Waals surface area contributed by atoms with Crippen LogP contribution in [0.15, 0.2) is 48.5 Å². The van der Waals surface area contributed by atoms with E-state index in [1.807, 2.05) is 53.4 Å². The van der Waals surface area contributed by atoms with Crippen molar-refractivity contribution in [1.29, 1.82) is 0 Å². The fourth-order valence-corrected chi connectivity index (χ4v) is 4.13. The fraction of sp³-hybridized carbons (Fsp3) is 0.360. The predicted molar refractivity (Wildman–Crippen MR) is 121 cm³/mol. The number of hydrogen-bond donors (Lipinski definition) is 1. The lowest BCUT2D eigenvalue weighted by molar-refractivity contribution is 0.0722. The number of fused-ring (bicyclic) bond motifs is 1. The van der Waals surface area contributed by atoms with Crippen molar-refractivity contribution in [1.82, 2.24) is 15.1 Å². The lowest BCUT2D eigenvalue weighted by Crippen LogP contribution is -2.32. The maximum Gasteiger partial charge on any atom is 0.273 e. The Hall–Kier alpha value is -3.28. The quantitative estimate of drug-likeness (QED) is 0.553. The van der Waals surface area contributed by atoms with Crippen LogP contribution in [0.4, 0.5) is 0 Å². The van der Waals surface area contributed by atoms with Gasteiger partial charge < -0.3 is 14.4 Å². The van der Waals surface area contributed by atoms with E-state index >= 15 is 0 Å². The second kappa shape index (κ2) is 8.84. The van der Waals surface area contributed by atoms with E-state index in [-0.39, 0.29) is 11.9 Å². The summed E-state index contributed by atoms with van der Waals surface area (Å²) >= 11 is 0. The first-order valence-corrected chi connectivity index (χ1v) is 10.8. The van der Waals surface area contributed by atoms with Gasteiger partial charge in [-0.25, -0.2) is 0 Å². The molecule has 0 saturated carbocycles. The Balaban J connectivity index is 1.83. The number of benzene rings is 2. The average molecular weight is 420 g/mol. The van der Waals surface area contributed by atoms with Gasteiger partial charge in [0, 0.05) is 17.7 Å². The Morgan fingerprint density at radius 3 is 2.58 bits per heavy atom. The number of aromatic nitrogens is 2. The van der Waals surface area contributed by atoms with Gasteiger partial charge >= 0.3 is 0 Å². The highest BCUT2D eigenvalue weighted by Gasteiger charge is 2.42. The minimum Gasteiger partial charge on any atom is -0.493 e. The number of nitrogens with one attached hydrogen (secondary N) is 1. The molecule has 1 amide bonds. The Bertz CT molecular complexity index is 1060. The topological polar surface area (TPSA) is 67.5 Å². The van der Waals surface area contributed by atoms with Gasteiger partial charge in [-0.3, -0.25) is 9.89 Å². The van der Waals surface area contributed by atoms with Crippen molar-refractivity contribution in [2.75, 3.05) is 20.3 Å². The van der Waals surface area contributed by atoms with Crippen LogP contribution >= 0.6 is 0 Å². The van der Waals surface area contributed by atoms with Crippen LogP contribution in [0.25, 0.3) is 11.3 Å². The van der Waals surface area contributed by atoms with Crippen molar-refractivity contribution in [3.05, 3.63) is 65.4 Å². The zero-order chi connectivity index (χ0) is 22.0. The van der Waals surface area contributed by atoms with Gasteiger partial charge in [0.2, 0.25) is 0 Å². The number of rotatable bonds is 8. The van der Waals surface area contributed by atoms with Gasteiger partial charge in [-0.2, -0.15) is 5.10 Å². The molecule has 1 N–H and O–H groups in total. The predicted octanol–water partition coefficient (Wildman–Crippen LogP) is 5.08. The molecular formula is C25H29N3O3. The van der Waals surface area contributed by atoms with Gasteiger partial charge in [0.25, 0.3) is 5.91 Å². The van der Waals surface area contributed by atoms with Crippen molar-refractivity contribution < 1.29 is 14.3 Å². The highest BCUT2D eigenvalue weighted by molar-refractivity contribution is 6.00. The number of carbonyl (C=O) groups excluding carboxylic acids is 1. The van der Waals surface area contributed by atoms with Gasteiger partial charge in [-0.05, 0) is 30.0 Å². The molecule has 1 aliphatic heterocycles. The second-order valence-corrected chi connectivity index (χ2v) is 8.24. The van der Waals surface area contributed by atoms with Crippen LogP contribution < -0.4 is 9.47 Å². The molecule has 0 saturated heterocycles. The lowest BCUT2D eigenvalue weighted by atomic mass is 9.95. The van der Waals surface area contributed by atoms with E-state index in [4.69, 9.17) is 9.47 Å². The molecule has 1 atom stereocenters. The van der Waals surface area contributed by atoms with E-state index < -0.39 is 0 Å². The molecule has 1 aliphatic rings. The zero-order valence-corrected chi connectivity index (χ0v) is 18.5. The van der Waals surface area contributed by atoms with E-state index in [2.05, 4.69) is 31.0 Å². The van der Waals surface area contributed by atoms with Crippen molar-refractivity contribution in [3.63, 3.8) is 0 Å². The molecule has 31 heavy (non-hydrogen) atoms. The largest absolute Gasteiger partial charge is 0.493 e. The molecule has 6 nitrogen and oxygen atoms in total. The molecule has 2 heterocycles. The molecule has 0 bridgehead atoms. The summed E-state index contributed by atoms with van der Waals surface area (Å²) in [5.41, 5.74) is 4.26. The number of H-pyrrole nitrogens is 1. The number of nitrogens with zero attached hydrogens (tertiary/aromatic N) is 2. The molecule has 0 spiro atoms. The maximum absolute atomic E-state index is 13.3. The summed E-state index contributed by atoms with van der Waals surface area (Å²) in [6.45, 7) is 7.59. The van der Waals surface area contributed by atoms with Gasteiger partial charge in [0.05, 0.1) is 25.5 Å². The average Bonchev–Trinajstić information content (AvgIpc) is 3.32. The first-order valence-electron chi connectivity index (χ1n) is 10.8. The van der Waals surface area contributed by atoms with Crippen molar-refractivity contribution in [3.8, 4) is 22.8 Å². The molecule has 4 rings (SSSR count). The highest BCUT2D eigenvalue weighted by atomic mass is 16.5. The summed E-state index contributed by atoms with van der Waals surface area (Å²) in [4.78, 5) is 15.3. The third-order valence-corrected chi connectivity index (χ3v) is 5.44. The Kier molecular flexibility index (Phi) is 5.98. The summed E-state index contributed by atoms with van der Waals surface area (Å²) < 4.78 is 11.4. The SMILES string of the molecule is CCCOc1ccc(C2c3c(-c4ccccc4)n[nH]c3C(=O)N2CC(C)C)cc1OC. The molecule has 162 valence electrons. The number of hydrogen-bond acceptors (Lipinski definition) is 4. The Morgan fingerprint density at radius 2 is 1.90 bits per heavy atom. The Labute approximate surface area is 183 Å². The van der Waals surface area contributed by atoms with E-state index in [0.717, 1.165) is 28.8 Å². The van der Waals surface area contributed by atoms with Crippen LogP contribution in [0.3, 0.4) is 0 Å². The molecule has 3 aromatic rings. The van der Waals surface area contributed by atoms with Crippen molar-refractivity contribution in [2.24, 2.45) is 5.92 Å². The molecule has 0 aliphatic carbocycles. The van der Waals surface area contributed by atoms with Crippen molar-refractivity contribution in [2.45, 2.75) is 33.2 Å². The van der Waals surface area contributed by atoms with E-state index in [0.29, 0.717) is 36.3 Å². The Morgan fingerprint density at radius 1 is 1.13 bits per heavy atom. The van der Waals surface area contributed by atoms with E-state index in [1.165, 1.54) is 0 Å². The molecule has 6 heteroatoms. The van der Waals surface area contributed by atoms with Crippen molar-refractivity contribution >= 4 is 5.91 Å². The summed E-state index contributed by atoms with van der Waals surface area (Å²) in [5.74, 6) is 1.69. The van der Waals surface area contributed by atoms with Gasteiger partial charge in [0.15, 0.2) is 11.5 Å². The first-order chi connectivity index (χ1) is 15.0. The number of aromatic amines is 1. The third-order valence-electron chi connectivity index (χ3n) is 5.44. The highest BCUT2D eigenvalue weighted by Crippen LogP contribution is 2.44. The van der Waals surface area contributed by atoms with E-state index in [9.17, 15) is 4.79 Å². The van der Waals surface area contributed by atoms with Crippen LogP contribution in [0.2, 0.25) is 0 Å². The van der Waals surface area contributed by atoms with Crippen LogP contribution in [0, 0.1) is 5.92 Å². The zero-order valence-electron chi connectivity index (χ0n) is 18.5. The first kappa shape index (κ1) is 21.0. The molecule has 2 aromatic carbocycles. The molecule has 0 radical (unpaired) electrons. The summed E-state index contributed by atoms with van der Waals surface area (Å²) in [6.07, 6.45) is 0.920. The molecular weight excluding hydrogens is 390 g/mol. The van der Waals surface area contributed by atoms with Crippen LogP contribution in [-0.2, 0) is 0 Å². The summed E-state index contributed by atoms with van der Waals surface area (Å²) in [6, 6.07) is 15.7. The smallest absolute Gasteiger partial charge is 0.273 e. The van der Waals surface area contributed by atoms with Crippen LogP contribution in [0.5, 0.6) is 11.5 Å². The van der Waals surface area contributed by atoms with Crippen LogP contribution in [0.1, 0.15) is 54.8 Å². The standard InChI is InChI=1S/C25H29N3O3/c1-5-13-31-19-12-11-18(14-20(19)30-4)24-21-22(17-9-7-6-8-10-17)26-27-23(21)25(29)28(24)15-16(2)3/h6-12,14,16,24H,5,13,15H2,1-4H3,(H,26,27). The number of amides is 1. The molecule has 0 fully saturated rings. The normalized spacial score (nSPS) is 15.5. The minimum atomic E-state index is -0.243. The second-order valence-electron chi connectivity index (χ2n) is 8.24. The number of methoxy groups -OCH3 is 1. The summed E-state index contributed by atoms with van der Waals surface area (Å²) in [5, 5.41) is 7.53. The number of ether oxygens (including phenoxy) is 2. The lowest BCUT2D eigenvalue weighted by Gasteiger charge is -2.28. The minimum absolute atomic E-state index is 0.0198. The van der Waals surface area contributed by atoms with Gasteiger partial charge in [0.1, 0.15) is 5.69 Å². The van der Waals surface area contributed by atoms with Gasteiger partial charge in [-0.15, -0.1) is 0 Å². The molecule has 1 aromatic heterocycles. The monoisotopic (exact) mass is 419 g/mol. The third kappa shape index (κ3) is 3.90. The number of carbonyl (C=O) groups is 1. The van der Waals surface area contributed by atoms with E-state index in [1.54, 1.807) is 7.11 Å². The molecule has 1 unspecified atom stereocenters.